The molecule has 0 aliphatic heterocycles. The van der Waals surface area contributed by atoms with Gasteiger partial charge in [-0.15, -0.1) is 0 Å². The average Bonchev–Trinajstić information content (AvgIpc) is 2.83. The summed E-state index contributed by atoms with van der Waals surface area (Å²) in [5.41, 5.74) is 0.722. The van der Waals surface area contributed by atoms with Gasteiger partial charge in [0.2, 0.25) is 21.8 Å². The molecule has 0 saturated carbocycles. The van der Waals surface area contributed by atoms with Crippen LogP contribution in [0.2, 0.25) is 0 Å². The maximum Gasteiger partial charge on any atom is 0.242 e. The van der Waals surface area contributed by atoms with Crippen molar-refractivity contribution in [1.82, 2.24) is 10.2 Å². The molecule has 192 valence electrons. The Labute approximate surface area is 207 Å². The van der Waals surface area contributed by atoms with Gasteiger partial charge in [0.15, 0.2) is 0 Å². The quantitative estimate of drug-likeness (QED) is 0.449. The minimum atomic E-state index is -3.62. The Kier molecular flexibility index (Phi) is 10.5. The first-order valence-corrected chi connectivity index (χ1v) is 13.4. The van der Waals surface area contributed by atoms with Crippen LogP contribution in [-0.4, -0.2) is 57.6 Å². The summed E-state index contributed by atoms with van der Waals surface area (Å²) in [7, 11) is -2.13. The summed E-state index contributed by atoms with van der Waals surface area (Å²) >= 11 is 0. The van der Waals surface area contributed by atoms with Crippen LogP contribution in [0.4, 0.5) is 10.1 Å². The number of methoxy groups -OCH3 is 1. The number of halogens is 1. The van der Waals surface area contributed by atoms with E-state index < -0.39 is 21.9 Å². The van der Waals surface area contributed by atoms with Gasteiger partial charge in [-0.3, -0.25) is 13.9 Å². The maximum atomic E-state index is 14.3. The third kappa shape index (κ3) is 8.24. The van der Waals surface area contributed by atoms with Gasteiger partial charge in [-0.2, -0.15) is 0 Å². The fraction of sp³-hybridized carbons (Fsp3) is 0.440. The Morgan fingerprint density at radius 1 is 1.14 bits per heavy atom. The SMILES string of the molecule is CCCNC(=O)[C@H](C)N(Cc1ccccc1F)C(=O)CCCN(c1cccc(OC)c1)S(C)(=O)=O. The Morgan fingerprint density at radius 2 is 1.86 bits per heavy atom. The normalized spacial score (nSPS) is 12.0. The molecule has 2 aromatic carbocycles. The molecule has 0 heterocycles. The van der Waals surface area contributed by atoms with Crippen LogP contribution in [0.3, 0.4) is 0 Å². The molecule has 0 aromatic heterocycles. The number of carbonyl (C=O) groups is 2. The molecule has 10 heteroatoms. The fourth-order valence-corrected chi connectivity index (χ4v) is 4.52. The van der Waals surface area contributed by atoms with Gasteiger partial charge in [-0.05, 0) is 38.0 Å². The molecule has 0 bridgehead atoms. The lowest BCUT2D eigenvalue weighted by atomic mass is 10.1. The van der Waals surface area contributed by atoms with Crippen LogP contribution < -0.4 is 14.4 Å². The highest BCUT2D eigenvalue weighted by Gasteiger charge is 2.27. The first-order chi connectivity index (χ1) is 16.6. The molecule has 1 atom stereocenters. The van der Waals surface area contributed by atoms with E-state index in [9.17, 15) is 22.4 Å². The third-order valence-electron chi connectivity index (χ3n) is 5.51. The fourth-order valence-electron chi connectivity index (χ4n) is 3.56. The van der Waals surface area contributed by atoms with Crippen molar-refractivity contribution in [3.8, 4) is 5.75 Å². The van der Waals surface area contributed by atoms with Crippen molar-refractivity contribution in [2.24, 2.45) is 0 Å². The van der Waals surface area contributed by atoms with Gasteiger partial charge in [0, 0.05) is 37.7 Å². The van der Waals surface area contributed by atoms with Crippen LogP contribution in [0.5, 0.6) is 5.75 Å². The van der Waals surface area contributed by atoms with Crippen molar-refractivity contribution < 1.29 is 27.1 Å². The zero-order valence-corrected chi connectivity index (χ0v) is 21.5. The van der Waals surface area contributed by atoms with Gasteiger partial charge >= 0.3 is 0 Å². The number of hydrogen-bond donors (Lipinski definition) is 1. The Morgan fingerprint density at radius 3 is 2.49 bits per heavy atom. The van der Waals surface area contributed by atoms with Crippen LogP contribution in [0.15, 0.2) is 48.5 Å². The van der Waals surface area contributed by atoms with E-state index in [4.69, 9.17) is 4.74 Å². The Bertz CT molecular complexity index is 1110. The molecule has 0 unspecified atom stereocenters. The Hall–Kier alpha value is -3.14. The minimum Gasteiger partial charge on any atom is -0.497 e. The number of anilines is 1. The van der Waals surface area contributed by atoms with Crippen LogP contribution in [0, 0.1) is 5.82 Å². The van der Waals surface area contributed by atoms with Crippen molar-refractivity contribution in [1.29, 1.82) is 0 Å². The number of hydrogen-bond acceptors (Lipinski definition) is 5. The summed E-state index contributed by atoms with van der Waals surface area (Å²) in [5.74, 6) is -0.653. The number of sulfonamides is 1. The molecule has 8 nitrogen and oxygen atoms in total. The van der Waals surface area contributed by atoms with E-state index in [-0.39, 0.29) is 37.7 Å². The first kappa shape index (κ1) is 28.1. The van der Waals surface area contributed by atoms with Crippen molar-refractivity contribution in [2.45, 2.75) is 45.7 Å². The first-order valence-electron chi connectivity index (χ1n) is 11.5. The summed E-state index contributed by atoms with van der Waals surface area (Å²) in [6.45, 7) is 3.97. The highest BCUT2D eigenvalue weighted by atomic mass is 32.2. The highest BCUT2D eigenvalue weighted by molar-refractivity contribution is 7.92. The molecular formula is C25H34FN3O5S. The van der Waals surface area contributed by atoms with Crippen LogP contribution in [0.1, 0.15) is 38.7 Å². The van der Waals surface area contributed by atoms with E-state index in [1.807, 2.05) is 6.92 Å². The van der Waals surface area contributed by atoms with Crippen molar-refractivity contribution in [2.75, 3.05) is 30.8 Å². The Balaban J connectivity index is 2.17. The van der Waals surface area contributed by atoms with Gasteiger partial charge in [-0.25, -0.2) is 12.8 Å². The summed E-state index contributed by atoms with van der Waals surface area (Å²) in [6.07, 6.45) is 2.03. The van der Waals surface area contributed by atoms with Crippen molar-refractivity contribution >= 4 is 27.5 Å². The molecule has 2 rings (SSSR count). The topological polar surface area (TPSA) is 96.0 Å². The predicted molar refractivity (Wildman–Crippen MR) is 134 cm³/mol. The largest absolute Gasteiger partial charge is 0.497 e. The van der Waals surface area contributed by atoms with Crippen molar-refractivity contribution in [3.63, 3.8) is 0 Å². The summed E-state index contributed by atoms with van der Waals surface area (Å²) in [4.78, 5) is 27.1. The second-order valence-electron chi connectivity index (χ2n) is 8.22. The summed E-state index contributed by atoms with van der Waals surface area (Å²) in [6, 6.07) is 11.9. The molecule has 0 fully saturated rings. The van der Waals surface area contributed by atoms with Gasteiger partial charge in [-0.1, -0.05) is 31.2 Å². The lowest BCUT2D eigenvalue weighted by Crippen LogP contribution is -2.48. The van der Waals surface area contributed by atoms with Gasteiger partial charge < -0.3 is 15.0 Å². The van der Waals surface area contributed by atoms with Gasteiger partial charge in [0.05, 0.1) is 19.1 Å². The van der Waals surface area contributed by atoms with E-state index in [0.717, 1.165) is 12.7 Å². The lowest BCUT2D eigenvalue weighted by molar-refractivity contribution is -0.140. The molecule has 0 aliphatic rings. The zero-order valence-electron chi connectivity index (χ0n) is 20.7. The molecule has 35 heavy (non-hydrogen) atoms. The van der Waals surface area contributed by atoms with E-state index >= 15 is 0 Å². The summed E-state index contributed by atoms with van der Waals surface area (Å²) in [5, 5.41) is 2.77. The number of rotatable bonds is 13. The molecule has 0 radical (unpaired) electrons. The average molecular weight is 508 g/mol. The molecule has 2 amide bonds. The van der Waals surface area contributed by atoms with E-state index in [1.165, 1.54) is 22.4 Å². The van der Waals surface area contributed by atoms with E-state index in [1.54, 1.807) is 49.4 Å². The van der Waals surface area contributed by atoms with E-state index in [2.05, 4.69) is 5.32 Å². The molecule has 1 N–H and O–H groups in total. The molecule has 0 saturated heterocycles. The molecule has 0 spiro atoms. The van der Waals surface area contributed by atoms with Crippen molar-refractivity contribution in [3.05, 3.63) is 59.9 Å². The number of ether oxygens (including phenoxy) is 1. The van der Waals surface area contributed by atoms with Gasteiger partial charge in [0.1, 0.15) is 17.6 Å². The van der Waals surface area contributed by atoms with Crippen LogP contribution in [-0.2, 0) is 26.2 Å². The van der Waals surface area contributed by atoms with Crippen LogP contribution in [0.25, 0.3) is 0 Å². The third-order valence-corrected chi connectivity index (χ3v) is 6.70. The van der Waals surface area contributed by atoms with E-state index in [0.29, 0.717) is 23.5 Å². The number of benzene rings is 2. The molecule has 2 aromatic rings. The number of amides is 2. The number of carbonyl (C=O) groups excluding carboxylic acids is 2. The monoisotopic (exact) mass is 507 g/mol. The second-order valence-corrected chi connectivity index (χ2v) is 10.1. The molecular weight excluding hydrogens is 473 g/mol. The predicted octanol–water partition coefficient (Wildman–Crippen LogP) is 3.32. The summed E-state index contributed by atoms with van der Waals surface area (Å²) < 4.78 is 45.5. The zero-order chi connectivity index (χ0) is 26.0. The minimum absolute atomic E-state index is 0.0180. The van der Waals surface area contributed by atoms with Crippen LogP contribution >= 0.6 is 0 Å². The number of nitrogens with zero attached hydrogens (tertiary/aromatic N) is 2. The lowest BCUT2D eigenvalue weighted by Gasteiger charge is -2.29. The standard InChI is InChI=1S/C25H34FN3O5S/c1-5-15-27-25(31)19(2)28(18-20-10-6-7-13-23(20)26)24(30)14-9-16-29(35(4,32)33)21-11-8-12-22(17-21)34-3/h6-8,10-13,17,19H,5,9,14-16,18H2,1-4H3,(H,27,31)/t19-/m0/s1. The van der Waals surface area contributed by atoms with Gasteiger partial charge in [0.25, 0.3) is 0 Å². The highest BCUT2D eigenvalue weighted by Crippen LogP contribution is 2.24. The maximum absolute atomic E-state index is 14.3. The second kappa shape index (κ2) is 13.1. The molecule has 0 aliphatic carbocycles. The smallest absolute Gasteiger partial charge is 0.242 e. The number of nitrogens with one attached hydrogen (secondary N) is 1.